The molecule has 0 spiro atoms. The van der Waals surface area contributed by atoms with E-state index < -0.39 is 5.97 Å². The van der Waals surface area contributed by atoms with E-state index in [0.717, 1.165) is 0 Å². The van der Waals surface area contributed by atoms with Gasteiger partial charge in [-0.05, 0) is 19.1 Å². The summed E-state index contributed by atoms with van der Waals surface area (Å²) in [6.45, 7) is 1.87. The molecular weight excluding hydrogens is 250 g/mol. The predicted octanol–water partition coefficient (Wildman–Crippen LogP) is 0.950. The zero-order chi connectivity index (χ0) is 14.0. The second kappa shape index (κ2) is 4.97. The molecule has 0 unspecified atom stereocenters. The fourth-order valence-electron chi connectivity index (χ4n) is 1.67. The minimum atomic E-state index is -1.14. The van der Waals surface area contributed by atoms with Gasteiger partial charge in [-0.15, -0.1) is 0 Å². The maximum Gasteiger partial charge on any atom is 0.371 e. The van der Waals surface area contributed by atoms with E-state index in [0.29, 0.717) is 17.0 Å². The van der Waals surface area contributed by atoms with Gasteiger partial charge in [0, 0.05) is 13.2 Å². The highest BCUT2D eigenvalue weighted by molar-refractivity contribution is 5.94. The summed E-state index contributed by atoms with van der Waals surface area (Å²) in [5.41, 5.74) is 1.11. The van der Waals surface area contributed by atoms with Crippen LogP contribution in [0, 0.1) is 6.92 Å². The average Bonchev–Trinajstić information content (AvgIpc) is 2.93. The van der Waals surface area contributed by atoms with Gasteiger partial charge in [0.15, 0.2) is 0 Å². The van der Waals surface area contributed by atoms with Crippen LogP contribution in [0.15, 0.2) is 22.7 Å². The van der Waals surface area contributed by atoms with E-state index in [1.54, 1.807) is 24.9 Å². The van der Waals surface area contributed by atoms with Gasteiger partial charge in [-0.25, -0.2) is 4.79 Å². The minimum Gasteiger partial charge on any atom is -0.475 e. The number of nitrogens with zero attached hydrogens (tertiary/aromatic N) is 2. The lowest BCUT2D eigenvalue weighted by molar-refractivity contribution is 0.0660. The van der Waals surface area contributed by atoms with Gasteiger partial charge < -0.3 is 14.8 Å². The molecule has 1 amide bonds. The Hall–Kier alpha value is -2.57. The number of carboxylic acid groups (broad SMARTS) is 1. The summed E-state index contributed by atoms with van der Waals surface area (Å²) in [7, 11) is 1.73. The van der Waals surface area contributed by atoms with Crippen molar-refractivity contribution in [3.05, 3.63) is 41.1 Å². The van der Waals surface area contributed by atoms with E-state index in [1.165, 1.54) is 12.1 Å². The normalized spacial score (nSPS) is 10.4. The van der Waals surface area contributed by atoms with E-state index in [9.17, 15) is 9.59 Å². The largest absolute Gasteiger partial charge is 0.475 e. The number of carboxylic acids is 1. The van der Waals surface area contributed by atoms with E-state index in [1.807, 2.05) is 0 Å². The summed E-state index contributed by atoms with van der Waals surface area (Å²) in [5.74, 6) is -1.19. The van der Waals surface area contributed by atoms with Crippen molar-refractivity contribution in [3.63, 3.8) is 0 Å². The van der Waals surface area contributed by atoms with E-state index in [2.05, 4.69) is 10.4 Å². The van der Waals surface area contributed by atoms with Crippen LogP contribution in [0.2, 0.25) is 0 Å². The number of carbonyl (C=O) groups excluding carboxylic acids is 1. The Morgan fingerprint density at radius 3 is 2.74 bits per heavy atom. The molecule has 7 nitrogen and oxygen atoms in total. The van der Waals surface area contributed by atoms with Gasteiger partial charge in [-0.1, -0.05) is 0 Å². The Morgan fingerprint density at radius 1 is 1.47 bits per heavy atom. The molecule has 2 heterocycles. The number of hydrogen-bond acceptors (Lipinski definition) is 4. The Bertz CT molecular complexity index is 627. The van der Waals surface area contributed by atoms with Gasteiger partial charge in [0.1, 0.15) is 5.76 Å². The van der Waals surface area contributed by atoms with Crippen molar-refractivity contribution >= 4 is 11.9 Å². The first-order valence-electron chi connectivity index (χ1n) is 5.58. The third-order valence-corrected chi connectivity index (χ3v) is 2.55. The predicted molar refractivity (Wildman–Crippen MR) is 64.8 cm³/mol. The summed E-state index contributed by atoms with van der Waals surface area (Å²) in [4.78, 5) is 22.5. The summed E-state index contributed by atoms with van der Waals surface area (Å²) >= 11 is 0. The lowest BCUT2D eigenvalue weighted by Gasteiger charge is -2.01. The fraction of sp³-hybridized carbons (Fsp3) is 0.250. The third-order valence-electron chi connectivity index (χ3n) is 2.55. The summed E-state index contributed by atoms with van der Waals surface area (Å²) in [6.07, 6.45) is 1.62. The van der Waals surface area contributed by atoms with Crippen LogP contribution < -0.4 is 5.32 Å². The molecule has 0 saturated carbocycles. The number of nitrogens with one attached hydrogen (secondary N) is 1. The molecule has 0 atom stereocenters. The molecular formula is C12H13N3O4. The monoisotopic (exact) mass is 263 g/mol. The van der Waals surface area contributed by atoms with Crippen LogP contribution in [0.3, 0.4) is 0 Å². The summed E-state index contributed by atoms with van der Waals surface area (Å²) in [6, 6.07) is 2.86. The number of aromatic carboxylic acids is 1. The summed E-state index contributed by atoms with van der Waals surface area (Å²) < 4.78 is 6.59. The van der Waals surface area contributed by atoms with Crippen LogP contribution in [-0.2, 0) is 13.6 Å². The molecule has 0 aliphatic rings. The SMILES string of the molecule is Cc1nn(C)cc1C(=O)NCc1ccc(C(=O)O)o1. The van der Waals surface area contributed by atoms with Crippen LogP contribution in [0.5, 0.6) is 0 Å². The molecule has 0 aromatic carbocycles. The third kappa shape index (κ3) is 2.82. The molecule has 0 bridgehead atoms. The first-order chi connectivity index (χ1) is 8.97. The smallest absolute Gasteiger partial charge is 0.371 e. The number of carbonyl (C=O) groups is 2. The van der Waals surface area contributed by atoms with Gasteiger partial charge in [-0.3, -0.25) is 9.48 Å². The molecule has 19 heavy (non-hydrogen) atoms. The van der Waals surface area contributed by atoms with Gasteiger partial charge in [0.25, 0.3) is 5.91 Å². The number of furan rings is 1. The standard InChI is InChI=1S/C12H13N3O4/c1-7-9(6-15(2)14-7)11(16)13-5-8-3-4-10(19-8)12(17)18/h3-4,6H,5H2,1-2H3,(H,13,16)(H,17,18). The van der Waals surface area contributed by atoms with Gasteiger partial charge in [0.05, 0.1) is 17.8 Å². The van der Waals surface area contributed by atoms with Crippen LogP contribution >= 0.6 is 0 Å². The van der Waals surface area contributed by atoms with Gasteiger partial charge in [-0.2, -0.15) is 5.10 Å². The Balaban J connectivity index is 2.00. The number of amides is 1. The maximum atomic E-state index is 11.9. The Kier molecular flexibility index (Phi) is 3.37. The molecule has 7 heteroatoms. The molecule has 100 valence electrons. The van der Waals surface area contributed by atoms with Crippen molar-refractivity contribution in [1.82, 2.24) is 15.1 Å². The molecule has 2 rings (SSSR count). The zero-order valence-electron chi connectivity index (χ0n) is 10.5. The second-order valence-electron chi connectivity index (χ2n) is 4.06. The second-order valence-corrected chi connectivity index (χ2v) is 4.06. The fourth-order valence-corrected chi connectivity index (χ4v) is 1.67. The van der Waals surface area contributed by atoms with Crippen molar-refractivity contribution in [1.29, 1.82) is 0 Å². The van der Waals surface area contributed by atoms with Gasteiger partial charge in [0.2, 0.25) is 5.76 Å². The molecule has 0 aliphatic heterocycles. The van der Waals surface area contributed by atoms with Crippen molar-refractivity contribution < 1.29 is 19.1 Å². The quantitative estimate of drug-likeness (QED) is 0.855. The Labute approximate surface area is 108 Å². The van der Waals surface area contributed by atoms with Crippen molar-refractivity contribution in [2.45, 2.75) is 13.5 Å². The molecule has 0 fully saturated rings. The van der Waals surface area contributed by atoms with E-state index in [4.69, 9.17) is 9.52 Å². The highest BCUT2D eigenvalue weighted by Gasteiger charge is 2.13. The van der Waals surface area contributed by atoms with E-state index >= 15 is 0 Å². The number of aryl methyl sites for hydroxylation is 2. The lowest BCUT2D eigenvalue weighted by atomic mass is 10.2. The number of rotatable bonds is 4. The van der Waals surface area contributed by atoms with Crippen molar-refractivity contribution in [2.75, 3.05) is 0 Å². The molecule has 2 N–H and O–H groups in total. The highest BCUT2D eigenvalue weighted by atomic mass is 16.4. The van der Waals surface area contributed by atoms with Crippen LogP contribution in [0.4, 0.5) is 0 Å². The van der Waals surface area contributed by atoms with E-state index in [-0.39, 0.29) is 18.2 Å². The van der Waals surface area contributed by atoms with Crippen molar-refractivity contribution in [3.8, 4) is 0 Å². The first-order valence-corrected chi connectivity index (χ1v) is 5.58. The number of aromatic nitrogens is 2. The minimum absolute atomic E-state index is 0.125. The molecule has 0 saturated heterocycles. The average molecular weight is 263 g/mol. The zero-order valence-corrected chi connectivity index (χ0v) is 10.5. The molecule has 0 aliphatic carbocycles. The topological polar surface area (TPSA) is 97.4 Å². The Morgan fingerprint density at radius 2 is 2.21 bits per heavy atom. The van der Waals surface area contributed by atoms with Crippen LogP contribution in [0.25, 0.3) is 0 Å². The van der Waals surface area contributed by atoms with Crippen LogP contribution in [-0.4, -0.2) is 26.8 Å². The maximum absolute atomic E-state index is 11.9. The highest BCUT2D eigenvalue weighted by Crippen LogP contribution is 2.09. The van der Waals surface area contributed by atoms with Crippen LogP contribution in [0.1, 0.15) is 32.4 Å². The van der Waals surface area contributed by atoms with Crippen molar-refractivity contribution in [2.24, 2.45) is 7.05 Å². The lowest BCUT2D eigenvalue weighted by Crippen LogP contribution is -2.22. The molecule has 2 aromatic heterocycles. The van der Waals surface area contributed by atoms with Gasteiger partial charge >= 0.3 is 5.97 Å². The summed E-state index contributed by atoms with van der Waals surface area (Å²) in [5, 5.41) is 15.4. The first kappa shape index (κ1) is 12.9. The molecule has 0 radical (unpaired) electrons. The molecule has 2 aromatic rings. The number of hydrogen-bond donors (Lipinski definition) is 2.